The number of ether oxygens (including phenoxy) is 1. The molecule has 128 valence electrons. The van der Waals surface area contributed by atoms with Gasteiger partial charge in [-0.05, 0) is 36.8 Å². The van der Waals surface area contributed by atoms with Gasteiger partial charge in [-0.15, -0.1) is 0 Å². The van der Waals surface area contributed by atoms with Gasteiger partial charge in [0.1, 0.15) is 5.69 Å². The highest BCUT2D eigenvalue weighted by atomic mass is 79.9. The average molecular weight is 403 g/mol. The largest absolute Gasteiger partial charge is 0.455 e. The van der Waals surface area contributed by atoms with Gasteiger partial charge in [-0.2, -0.15) is 0 Å². The van der Waals surface area contributed by atoms with Crippen LogP contribution in [0.25, 0.3) is 11.0 Å². The molecule has 3 rings (SSSR count). The number of esters is 1. The first kappa shape index (κ1) is 17.2. The molecule has 0 atom stereocenters. The van der Waals surface area contributed by atoms with Crippen molar-refractivity contribution in [2.75, 3.05) is 11.9 Å². The van der Waals surface area contributed by atoms with E-state index in [1.807, 2.05) is 31.2 Å². The van der Waals surface area contributed by atoms with Crippen molar-refractivity contribution in [2.45, 2.75) is 13.3 Å². The first-order valence-electron chi connectivity index (χ1n) is 7.58. The number of hydrogen-bond acceptors (Lipinski definition) is 5. The second-order valence-corrected chi connectivity index (χ2v) is 6.33. The summed E-state index contributed by atoms with van der Waals surface area (Å²) in [5, 5.41) is 7.30. The third-order valence-electron chi connectivity index (χ3n) is 3.58. The van der Waals surface area contributed by atoms with E-state index < -0.39 is 11.9 Å². The van der Waals surface area contributed by atoms with Crippen LogP contribution in [0, 0.1) is 6.92 Å². The number of benzene rings is 2. The number of hydrogen-bond donors (Lipinski definition) is 1. The van der Waals surface area contributed by atoms with Gasteiger partial charge in [-0.1, -0.05) is 39.3 Å². The summed E-state index contributed by atoms with van der Waals surface area (Å²) in [6, 6.07) is 12.7. The molecule has 0 radical (unpaired) electrons. The summed E-state index contributed by atoms with van der Waals surface area (Å²) < 4.78 is 11.0. The summed E-state index contributed by atoms with van der Waals surface area (Å²) >= 11 is 3.40. The minimum atomic E-state index is -0.542. The standard InChI is InChI=1S/C18H15BrN2O4/c1-11-6-7-12(8-14(11)19)20-17(22)10-24-18(23)9-15-13-4-2-3-5-16(13)25-21-15/h2-8H,9-10H2,1H3,(H,20,22). The lowest BCUT2D eigenvalue weighted by atomic mass is 10.2. The number of nitrogens with one attached hydrogen (secondary N) is 1. The maximum atomic E-state index is 11.9. The molecule has 0 unspecified atom stereocenters. The molecule has 0 bridgehead atoms. The molecule has 7 heteroatoms. The van der Waals surface area contributed by atoms with Crippen molar-refractivity contribution in [3.63, 3.8) is 0 Å². The maximum Gasteiger partial charge on any atom is 0.312 e. The van der Waals surface area contributed by atoms with Crippen molar-refractivity contribution in [2.24, 2.45) is 0 Å². The van der Waals surface area contributed by atoms with E-state index in [2.05, 4.69) is 26.4 Å². The lowest BCUT2D eigenvalue weighted by molar-refractivity contribution is -0.146. The lowest BCUT2D eigenvalue weighted by Crippen LogP contribution is -2.21. The highest BCUT2D eigenvalue weighted by molar-refractivity contribution is 9.10. The van der Waals surface area contributed by atoms with Crippen molar-refractivity contribution in [3.05, 3.63) is 58.2 Å². The second-order valence-electron chi connectivity index (χ2n) is 5.48. The zero-order valence-corrected chi connectivity index (χ0v) is 15.0. The predicted molar refractivity (Wildman–Crippen MR) is 96.2 cm³/mol. The molecule has 0 aliphatic rings. The molecule has 1 amide bonds. The van der Waals surface area contributed by atoms with Gasteiger partial charge in [-0.3, -0.25) is 9.59 Å². The van der Waals surface area contributed by atoms with Crippen LogP contribution in [-0.2, 0) is 20.7 Å². The Kier molecular flexibility index (Phi) is 5.14. The number of fused-ring (bicyclic) bond motifs is 1. The Labute approximate surface area is 152 Å². The Morgan fingerprint density at radius 2 is 2.04 bits per heavy atom. The van der Waals surface area contributed by atoms with Crippen LogP contribution in [0.5, 0.6) is 0 Å². The topological polar surface area (TPSA) is 81.4 Å². The van der Waals surface area contributed by atoms with Crippen molar-refractivity contribution >= 4 is 44.5 Å². The van der Waals surface area contributed by atoms with Crippen LogP contribution in [0.4, 0.5) is 5.69 Å². The number of carbonyl (C=O) groups excluding carboxylic acids is 2. The van der Waals surface area contributed by atoms with Gasteiger partial charge in [0.25, 0.3) is 5.91 Å². The molecule has 0 aliphatic heterocycles. The van der Waals surface area contributed by atoms with Gasteiger partial charge in [0.15, 0.2) is 12.2 Å². The van der Waals surface area contributed by atoms with Crippen LogP contribution < -0.4 is 5.32 Å². The first-order chi connectivity index (χ1) is 12.0. The van der Waals surface area contributed by atoms with Crippen LogP contribution >= 0.6 is 15.9 Å². The van der Waals surface area contributed by atoms with Crippen molar-refractivity contribution in [3.8, 4) is 0 Å². The molecule has 6 nitrogen and oxygen atoms in total. The molecular weight excluding hydrogens is 388 g/mol. The molecular formula is C18H15BrN2O4. The average Bonchev–Trinajstić information content (AvgIpc) is 2.99. The molecule has 2 aromatic carbocycles. The molecule has 3 aromatic rings. The van der Waals surface area contributed by atoms with E-state index in [1.165, 1.54) is 0 Å². The van der Waals surface area contributed by atoms with E-state index in [4.69, 9.17) is 9.26 Å². The summed E-state index contributed by atoms with van der Waals surface area (Å²) in [6.07, 6.45) is -0.0552. The molecule has 1 aromatic heterocycles. The van der Waals surface area contributed by atoms with Crippen molar-refractivity contribution in [1.29, 1.82) is 0 Å². The highest BCUT2D eigenvalue weighted by Crippen LogP contribution is 2.21. The number of amides is 1. The molecule has 1 N–H and O–H groups in total. The fraction of sp³-hybridized carbons (Fsp3) is 0.167. The Bertz CT molecular complexity index is 936. The SMILES string of the molecule is Cc1ccc(NC(=O)COC(=O)Cc2noc3ccccc23)cc1Br. The molecule has 0 saturated heterocycles. The summed E-state index contributed by atoms with van der Waals surface area (Å²) in [5.74, 6) is -0.951. The smallest absolute Gasteiger partial charge is 0.312 e. The van der Waals surface area contributed by atoms with Gasteiger partial charge in [0.2, 0.25) is 0 Å². The van der Waals surface area contributed by atoms with Crippen molar-refractivity contribution in [1.82, 2.24) is 5.16 Å². The third kappa shape index (κ3) is 4.24. The van der Waals surface area contributed by atoms with Gasteiger partial charge < -0.3 is 14.6 Å². The van der Waals surface area contributed by atoms with Gasteiger partial charge in [-0.25, -0.2) is 0 Å². The number of aryl methyl sites for hydroxylation is 1. The van der Waals surface area contributed by atoms with Crippen molar-refractivity contribution < 1.29 is 18.8 Å². The van der Waals surface area contributed by atoms with Crippen LogP contribution in [0.1, 0.15) is 11.3 Å². The minimum absolute atomic E-state index is 0.0552. The van der Waals surface area contributed by atoms with Crippen LogP contribution in [0.2, 0.25) is 0 Å². The molecule has 0 aliphatic carbocycles. The molecule has 0 fully saturated rings. The normalized spacial score (nSPS) is 10.6. The van der Waals surface area contributed by atoms with Gasteiger partial charge >= 0.3 is 5.97 Å². The maximum absolute atomic E-state index is 11.9. The zero-order chi connectivity index (χ0) is 17.8. The Morgan fingerprint density at radius 3 is 2.84 bits per heavy atom. The first-order valence-corrected chi connectivity index (χ1v) is 8.37. The zero-order valence-electron chi connectivity index (χ0n) is 13.4. The van der Waals surface area contributed by atoms with Crippen LogP contribution in [0.3, 0.4) is 0 Å². The Hall–Kier alpha value is -2.67. The number of aromatic nitrogens is 1. The Balaban J connectivity index is 1.53. The molecule has 1 heterocycles. The number of carbonyl (C=O) groups is 2. The summed E-state index contributed by atoms with van der Waals surface area (Å²) in [5.41, 5.74) is 2.78. The predicted octanol–water partition coefficient (Wildman–Crippen LogP) is 3.62. The Morgan fingerprint density at radius 1 is 1.24 bits per heavy atom. The van der Waals surface area contributed by atoms with E-state index in [-0.39, 0.29) is 13.0 Å². The molecule has 0 saturated carbocycles. The molecule has 0 spiro atoms. The lowest BCUT2D eigenvalue weighted by Gasteiger charge is -2.07. The second kappa shape index (κ2) is 7.48. The summed E-state index contributed by atoms with van der Waals surface area (Å²) in [7, 11) is 0. The van der Waals surface area contributed by atoms with Gasteiger partial charge in [0, 0.05) is 15.5 Å². The third-order valence-corrected chi connectivity index (χ3v) is 4.44. The summed E-state index contributed by atoms with van der Waals surface area (Å²) in [6.45, 7) is 1.59. The van der Waals surface area contributed by atoms with Crippen LogP contribution in [0.15, 0.2) is 51.5 Å². The van der Waals surface area contributed by atoms with E-state index in [0.717, 1.165) is 15.4 Å². The number of anilines is 1. The molecule has 25 heavy (non-hydrogen) atoms. The quantitative estimate of drug-likeness (QED) is 0.659. The fourth-order valence-electron chi connectivity index (χ4n) is 2.27. The van der Waals surface area contributed by atoms with E-state index >= 15 is 0 Å². The summed E-state index contributed by atoms with van der Waals surface area (Å²) in [4.78, 5) is 23.8. The monoisotopic (exact) mass is 402 g/mol. The number of rotatable bonds is 5. The van der Waals surface area contributed by atoms with Gasteiger partial charge in [0.05, 0.1) is 6.42 Å². The number of para-hydroxylation sites is 1. The minimum Gasteiger partial charge on any atom is -0.455 e. The number of halogens is 1. The van der Waals surface area contributed by atoms with E-state index in [1.54, 1.807) is 18.2 Å². The van der Waals surface area contributed by atoms with E-state index in [0.29, 0.717) is 17.0 Å². The van der Waals surface area contributed by atoms with Crippen LogP contribution in [-0.4, -0.2) is 23.6 Å². The van der Waals surface area contributed by atoms with E-state index in [9.17, 15) is 9.59 Å². The number of nitrogens with zero attached hydrogens (tertiary/aromatic N) is 1. The fourth-order valence-corrected chi connectivity index (χ4v) is 2.65. The highest BCUT2D eigenvalue weighted by Gasteiger charge is 2.14.